The third kappa shape index (κ3) is 7.60. The summed E-state index contributed by atoms with van der Waals surface area (Å²) in [5.74, 6) is 1.49. The lowest BCUT2D eigenvalue weighted by Gasteiger charge is -2.22. The largest absolute Gasteiger partial charge is 0.377 e. The van der Waals surface area contributed by atoms with Crippen LogP contribution in [-0.4, -0.2) is 51.4 Å². The fourth-order valence-corrected chi connectivity index (χ4v) is 3.21. The van der Waals surface area contributed by atoms with Gasteiger partial charge in [0.25, 0.3) is 0 Å². The van der Waals surface area contributed by atoms with Gasteiger partial charge < -0.3 is 20.3 Å². The van der Waals surface area contributed by atoms with Gasteiger partial charge in [-0.05, 0) is 51.3 Å². The van der Waals surface area contributed by atoms with Crippen molar-refractivity contribution in [3.8, 4) is 0 Å². The van der Waals surface area contributed by atoms with Gasteiger partial charge >= 0.3 is 0 Å². The zero-order chi connectivity index (χ0) is 18.3. The molecule has 148 valence electrons. The molecule has 1 saturated heterocycles. The molecule has 0 spiro atoms. The van der Waals surface area contributed by atoms with Crippen molar-refractivity contribution in [3.05, 3.63) is 28.7 Å². The fraction of sp³-hybridized carbons (Fsp3) is 0.632. The Morgan fingerprint density at radius 2 is 2.15 bits per heavy atom. The Morgan fingerprint density at radius 3 is 2.81 bits per heavy atom. The summed E-state index contributed by atoms with van der Waals surface area (Å²) >= 11 is 3.56. The Hall–Kier alpha value is -0.540. The molecule has 26 heavy (non-hydrogen) atoms. The number of aliphatic imine (C=N–C) groups is 1. The van der Waals surface area contributed by atoms with Gasteiger partial charge in [0.1, 0.15) is 0 Å². The molecule has 1 atom stereocenters. The second-order valence-corrected chi connectivity index (χ2v) is 8.04. The number of hydrogen-bond donors (Lipinski definition) is 2. The first-order chi connectivity index (χ1) is 11.9. The molecular weight excluding hydrogens is 507 g/mol. The van der Waals surface area contributed by atoms with Gasteiger partial charge in [0.05, 0.1) is 12.1 Å². The van der Waals surface area contributed by atoms with Crippen molar-refractivity contribution < 1.29 is 4.74 Å². The molecular formula is C19H32BrIN4O. The summed E-state index contributed by atoms with van der Waals surface area (Å²) in [6, 6.07) is 8.53. The molecule has 1 unspecified atom stereocenters. The standard InChI is InChI=1S/C19H31BrN4O.HI/c1-5-21-18(23-14-19(2,3)25-4)22-12-15-9-10-24(13-15)17-8-6-7-16(20)11-17;/h6-8,11,15H,5,9-10,12-14H2,1-4H3,(H2,21,22,23);1H. The van der Waals surface area contributed by atoms with E-state index in [4.69, 9.17) is 4.74 Å². The summed E-state index contributed by atoms with van der Waals surface area (Å²) in [4.78, 5) is 7.11. The van der Waals surface area contributed by atoms with E-state index < -0.39 is 0 Å². The smallest absolute Gasteiger partial charge is 0.191 e. The Kier molecular flexibility index (Phi) is 10.2. The SMILES string of the molecule is CCNC(=NCC(C)(C)OC)NCC1CCN(c2cccc(Br)c2)C1.I. The monoisotopic (exact) mass is 538 g/mol. The first-order valence-corrected chi connectivity index (χ1v) is 9.80. The van der Waals surface area contributed by atoms with E-state index in [2.05, 4.69) is 67.6 Å². The van der Waals surface area contributed by atoms with Crippen LogP contribution in [0.1, 0.15) is 27.2 Å². The minimum absolute atomic E-state index is 0. The van der Waals surface area contributed by atoms with E-state index in [-0.39, 0.29) is 29.6 Å². The van der Waals surface area contributed by atoms with Gasteiger partial charge in [-0.15, -0.1) is 24.0 Å². The number of guanidine groups is 1. The molecule has 0 amide bonds. The highest BCUT2D eigenvalue weighted by Crippen LogP contribution is 2.25. The zero-order valence-electron chi connectivity index (χ0n) is 16.2. The van der Waals surface area contributed by atoms with Crippen molar-refractivity contribution in [2.75, 3.05) is 44.7 Å². The van der Waals surface area contributed by atoms with Gasteiger partial charge in [-0.25, -0.2) is 0 Å². The molecule has 0 aromatic heterocycles. The third-order valence-corrected chi connectivity index (χ3v) is 5.03. The molecule has 0 aliphatic carbocycles. The van der Waals surface area contributed by atoms with Crippen molar-refractivity contribution >= 4 is 51.6 Å². The van der Waals surface area contributed by atoms with Crippen LogP contribution >= 0.6 is 39.9 Å². The molecule has 5 nitrogen and oxygen atoms in total. The third-order valence-electron chi connectivity index (χ3n) is 4.53. The van der Waals surface area contributed by atoms with Gasteiger partial charge in [0, 0.05) is 43.4 Å². The van der Waals surface area contributed by atoms with Gasteiger partial charge in [-0.3, -0.25) is 4.99 Å². The van der Waals surface area contributed by atoms with E-state index in [1.54, 1.807) is 7.11 Å². The summed E-state index contributed by atoms with van der Waals surface area (Å²) in [7, 11) is 1.73. The predicted molar refractivity (Wildman–Crippen MR) is 125 cm³/mol. The molecule has 1 fully saturated rings. The van der Waals surface area contributed by atoms with Crippen LogP contribution in [-0.2, 0) is 4.74 Å². The van der Waals surface area contributed by atoms with Gasteiger partial charge in [-0.2, -0.15) is 0 Å². The molecule has 0 bridgehead atoms. The maximum atomic E-state index is 5.44. The molecule has 0 radical (unpaired) electrons. The number of benzene rings is 1. The number of methoxy groups -OCH3 is 1. The molecule has 2 N–H and O–H groups in total. The second-order valence-electron chi connectivity index (χ2n) is 7.12. The Balaban J connectivity index is 0.00000338. The summed E-state index contributed by atoms with van der Waals surface area (Å²) in [5, 5.41) is 6.81. The second kappa shape index (κ2) is 11.3. The lowest BCUT2D eigenvalue weighted by molar-refractivity contribution is 0.0310. The first kappa shape index (κ1) is 23.5. The van der Waals surface area contributed by atoms with Crippen LogP contribution in [0.15, 0.2) is 33.7 Å². The predicted octanol–water partition coefficient (Wildman–Crippen LogP) is 3.87. The van der Waals surface area contributed by atoms with Crippen LogP contribution in [0, 0.1) is 5.92 Å². The molecule has 1 aliphatic rings. The highest BCUT2D eigenvalue weighted by atomic mass is 127. The topological polar surface area (TPSA) is 48.9 Å². The van der Waals surface area contributed by atoms with Crippen LogP contribution in [0.3, 0.4) is 0 Å². The van der Waals surface area contributed by atoms with E-state index in [1.807, 2.05) is 13.8 Å². The molecule has 1 aromatic carbocycles. The Labute approximate surface area is 183 Å². The van der Waals surface area contributed by atoms with E-state index in [0.717, 1.165) is 36.6 Å². The van der Waals surface area contributed by atoms with Gasteiger partial charge in [0.15, 0.2) is 5.96 Å². The minimum atomic E-state index is -0.243. The highest BCUT2D eigenvalue weighted by molar-refractivity contribution is 14.0. The van der Waals surface area contributed by atoms with Crippen LogP contribution in [0.4, 0.5) is 5.69 Å². The van der Waals surface area contributed by atoms with Gasteiger partial charge in [0.2, 0.25) is 0 Å². The molecule has 0 saturated carbocycles. The number of anilines is 1. The first-order valence-electron chi connectivity index (χ1n) is 9.01. The highest BCUT2D eigenvalue weighted by Gasteiger charge is 2.23. The van der Waals surface area contributed by atoms with Crippen molar-refractivity contribution in [2.24, 2.45) is 10.9 Å². The van der Waals surface area contributed by atoms with Crippen molar-refractivity contribution in [3.63, 3.8) is 0 Å². The summed E-state index contributed by atoms with van der Waals surface area (Å²) < 4.78 is 6.58. The number of halogens is 2. The Morgan fingerprint density at radius 1 is 1.38 bits per heavy atom. The van der Waals surface area contributed by atoms with Gasteiger partial charge in [-0.1, -0.05) is 22.0 Å². The maximum Gasteiger partial charge on any atom is 0.191 e. The zero-order valence-corrected chi connectivity index (χ0v) is 20.1. The number of ether oxygens (including phenoxy) is 1. The number of nitrogens with zero attached hydrogens (tertiary/aromatic N) is 2. The summed E-state index contributed by atoms with van der Waals surface area (Å²) in [6.07, 6.45) is 1.20. The number of rotatable bonds is 7. The molecule has 7 heteroatoms. The average molecular weight is 539 g/mol. The van der Waals surface area contributed by atoms with E-state index in [1.165, 1.54) is 12.1 Å². The van der Waals surface area contributed by atoms with Crippen LogP contribution in [0.2, 0.25) is 0 Å². The normalized spacial score (nSPS) is 17.8. The van der Waals surface area contributed by atoms with Crippen molar-refractivity contribution in [1.82, 2.24) is 10.6 Å². The van der Waals surface area contributed by atoms with Crippen LogP contribution in [0.5, 0.6) is 0 Å². The van der Waals surface area contributed by atoms with E-state index in [0.29, 0.717) is 12.5 Å². The summed E-state index contributed by atoms with van der Waals surface area (Å²) in [5.41, 5.74) is 1.05. The minimum Gasteiger partial charge on any atom is -0.377 e. The quantitative estimate of drug-likeness (QED) is 0.314. The molecule has 1 aromatic rings. The molecule has 1 heterocycles. The maximum absolute atomic E-state index is 5.44. The van der Waals surface area contributed by atoms with E-state index in [9.17, 15) is 0 Å². The number of nitrogens with one attached hydrogen (secondary N) is 2. The Bertz CT molecular complexity index is 582. The van der Waals surface area contributed by atoms with Crippen LogP contribution in [0.25, 0.3) is 0 Å². The summed E-state index contributed by atoms with van der Waals surface area (Å²) in [6.45, 7) is 10.8. The lowest BCUT2D eigenvalue weighted by Crippen LogP contribution is -2.41. The van der Waals surface area contributed by atoms with Crippen molar-refractivity contribution in [1.29, 1.82) is 0 Å². The lowest BCUT2D eigenvalue weighted by atomic mass is 10.1. The average Bonchev–Trinajstić information content (AvgIpc) is 3.06. The van der Waals surface area contributed by atoms with Crippen LogP contribution < -0.4 is 15.5 Å². The molecule has 1 aliphatic heterocycles. The van der Waals surface area contributed by atoms with Crippen molar-refractivity contribution in [2.45, 2.75) is 32.8 Å². The fourth-order valence-electron chi connectivity index (χ4n) is 2.82. The molecule has 2 rings (SSSR count). The van der Waals surface area contributed by atoms with E-state index >= 15 is 0 Å². The number of hydrogen-bond acceptors (Lipinski definition) is 3.